The van der Waals surface area contributed by atoms with E-state index in [2.05, 4.69) is 4.72 Å². The maximum Gasteiger partial charge on any atom is 0.262 e. The second-order valence-electron chi connectivity index (χ2n) is 4.49. The molecule has 7 heteroatoms. The first kappa shape index (κ1) is 15.5. The Morgan fingerprint density at radius 3 is 2.52 bits per heavy atom. The lowest BCUT2D eigenvalue weighted by Crippen LogP contribution is -2.13. The summed E-state index contributed by atoms with van der Waals surface area (Å²) in [6.45, 7) is 1.87. The van der Waals surface area contributed by atoms with Crippen molar-refractivity contribution in [2.45, 2.75) is 11.8 Å². The largest absolute Gasteiger partial charge is 0.495 e. The Bertz CT molecular complexity index is 776. The van der Waals surface area contributed by atoms with Crippen molar-refractivity contribution in [1.29, 1.82) is 0 Å². The topological polar surface area (TPSA) is 81.4 Å². The molecule has 0 aromatic heterocycles. The highest BCUT2D eigenvalue weighted by Crippen LogP contribution is 2.28. The van der Waals surface area contributed by atoms with Gasteiger partial charge in [-0.05, 0) is 36.8 Å². The summed E-state index contributed by atoms with van der Waals surface area (Å²) >= 11 is 6.04. The summed E-state index contributed by atoms with van der Waals surface area (Å²) in [6, 6.07) is 9.31. The van der Waals surface area contributed by atoms with Gasteiger partial charge in [0.15, 0.2) is 0 Å². The molecule has 2 aromatic rings. The van der Waals surface area contributed by atoms with Gasteiger partial charge in [-0.3, -0.25) is 4.72 Å². The van der Waals surface area contributed by atoms with Crippen molar-refractivity contribution < 1.29 is 13.2 Å². The Kier molecular flexibility index (Phi) is 4.29. The summed E-state index contributed by atoms with van der Waals surface area (Å²) in [7, 11) is -2.35. The first-order valence-electron chi connectivity index (χ1n) is 6.06. The number of anilines is 2. The molecule has 0 radical (unpaired) electrons. The molecular formula is C14H15ClN2O3S. The van der Waals surface area contributed by atoms with Crippen molar-refractivity contribution in [3.05, 3.63) is 47.0 Å². The van der Waals surface area contributed by atoms with Gasteiger partial charge in [0.2, 0.25) is 0 Å². The number of ether oxygens (including phenoxy) is 1. The van der Waals surface area contributed by atoms with Crippen molar-refractivity contribution in [1.82, 2.24) is 0 Å². The fourth-order valence-electron chi connectivity index (χ4n) is 1.77. The first-order valence-corrected chi connectivity index (χ1v) is 7.92. The fourth-order valence-corrected chi connectivity index (χ4v) is 3.20. The molecule has 0 heterocycles. The number of methoxy groups -OCH3 is 1. The standard InChI is InChI=1S/C14H15ClN2O3S/c1-9-3-6-13(11(15)7-9)17-21(18,19)10-4-5-12(16)14(8-10)20-2/h3-8,17H,16H2,1-2H3. The Morgan fingerprint density at radius 1 is 1.19 bits per heavy atom. The van der Waals surface area contributed by atoms with Gasteiger partial charge < -0.3 is 10.5 Å². The number of hydrogen-bond donors (Lipinski definition) is 2. The van der Waals surface area contributed by atoms with E-state index in [1.807, 2.05) is 6.92 Å². The van der Waals surface area contributed by atoms with Crippen LogP contribution in [0, 0.1) is 6.92 Å². The zero-order valence-corrected chi connectivity index (χ0v) is 13.1. The number of hydrogen-bond acceptors (Lipinski definition) is 4. The summed E-state index contributed by atoms with van der Waals surface area (Å²) in [6.07, 6.45) is 0. The van der Waals surface area contributed by atoms with Crippen LogP contribution in [0.4, 0.5) is 11.4 Å². The van der Waals surface area contributed by atoms with E-state index in [4.69, 9.17) is 22.1 Å². The lowest BCUT2D eigenvalue weighted by Gasteiger charge is -2.12. The summed E-state index contributed by atoms with van der Waals surface area (Å²) < 4.78 is 32.2. The molecule has 0 bridgehead atoms. The maximum absolute atomic E-state index is 12.4. The quantitative estimate of drug-likeness (QED) is 0.846. The number of rotatable bonds is 4. The van der Waals surface area contributed by atoms with Crippen LogP contribution in [-0.2, 0) is 10.0 Å². The Labute approximate surface area is 128 Å². The molecule has 0 fully saturated rings. The minimum atomic E-state index is -3.77. The molecule has 0 spiro atoms. The van der Waals surface area contributed by atoms with Crippen LogP contribution < -0.4 is 15.2 Å². The highest BCUT2D eigenvalue weighted by atomic mass is 35.5. The van der Waals surface area contributed by atoms with Crippen LogP contribution in [0.1, 0.15) is 5.56 Å². The minimum absolute atomic E-state index is 0.0465. The molecule has 0 aliphatic rings. The Morgan fingerprint density at radius 2 is 1.90 bits per heavy atom. The number of halogens is 1. The van der Waals surface area contributed by atoms with Gasteiger partial charge in [-0.2, -0.15) is 0 Å². The van der Waals surface area contributed by atoms with Crippen LogP contribution in [0.2, 0.25) is 5.02 Å². The van der Waals surface area contributed by atoms with Crippen molar-refractivity contribution in [3.63, 3.8) is 0 Å². The zero-order valence-electron chi connectivity index (χ0n) is 11.6. The molecule has 21 heavy (non-hydrogen) atoms. The van der Waals surface area contributed by atoms with E-state index in [-0.39, 0.29) is 4.90 Å². The van der Waals surface area contributed by atoms with Crippen LogP contribution in [0.5, 0.6) is 5.75 Å². The summed E-state index contributed by atoms with van der Waals surface area (Å²) in [5, 5.41) is 0.334. The van der Waals surface area contributed by atoms with E-state index in [1.54, 1.807) is 18.2 Å². The van der Waals surface area contributed by atoms with Crippen LogP contribution >= 0.6 is 11.6 Å². The third-order valence-electron chi connectivity index (χ3n) is 2.88. The molecule has 2 rings (SSSR count). The third-order valence-corrected chi connectivity index (χ3v) is 4.56. The summed E-state index contributed by atoms with van der Waals surface area (Å²) in [5.41, 5.74) is 7.30. The number of benzene rings is 2. The molecule has 3 N–H and O–H groups in total. The van der Waals surface area contributed by atoms with E-state index in [9.17, 15) is 8.42 Å². The van der Waals surface area contributed by atoms with Gasteiger partial charge in [-0.15, -0.1) is 0 Å². The normalized spacial score (nSPS) is 11.2. The average Bonchev–Trinajstić information content (AvgIpc) is 2.42. The Hall–Kier alpha value is -1.92. The van der Waals surface area contributed by atoms with E-state index >= 15 is 0 Å². The van der Waals surface area contributed by atoms with Gasteiger partial charge in [0.05, 0.1) is 28.4 Å². The molecule has 0 aliphatic heterocycles. The maximum atomic E-state index is 12.4. The summed E-state index contributed by atoms with van der Waals surface area (Å²) in [5.74, 6) is 0.299. The molecule has 0 aliphatic carbocycles. The SMILES string of the molecule is COc1cc(S(=O)(=O)Nc2ccc(C)cc2Cl)ccc1N. The van der Waals surface area contributed by atoms with Crippen molar-refractivity contribution in [2.75, 3.05) is 17.6 Å². The van der Waals surface area contributed by atoms with Crippen molar-refractivity contribution >= 4 is 33.0 Å². The van der Waals surface area contributed by atoms with E-state index in [0.29, 0.717) is 22.1 Å². The smallest absolute Gasteiger partial charge is 0.262 e. The molecular weight excluding hydrogens is 312 g/mol. The van der Waals surface area contributed by atoms with E-state index in [0.717, 1.165) is 5.56 Å². The second-order valence-corrected chi connectivity index (χ2v) is 6.58. The van der Waals surface area contributed by atoms with Crippen LogP contribution in [0.25, 0.3) is 0 Å². The van der Waals surface area contributed by atoms with Crippen molar-refractivity contribution in [3.8, 4) is 5.75 Å². The lowest BCUT2D eigenvalue weighted by atomic mass is 10.2. The van der Waals surface area contributed by atoms with Gasteiger partial charge >= 0.3 is 0 Å². The first-order chi connectivity index (χ1) is 9.83. The Balaban J connectivity index is 2.38. The third kappa shape index (κ3) is 3.40. The van der Waals surface area contributed by atoms with Gasteiger partial charge in [-0.25, -0.2) is 8.42 Å². The number of nitrogens with one attached hydrogen (secondary N) is 1. The number of aryl methyl sites for hydroxylation is 1. The predicted molar refractivity (Wildman–Crippen MR) is 84.4 cm³/mol. The minimum Gasteiger partial charge on any atom is -0.495 e. The van der Waals surface area contributed by atoms with Gasteiger partial charge in [-0.1, -0.05) is 17.7 Å². The lowest BCUT2D eigenvalue weighted by molar-refractivity contribution is 0.415. The molecule has 0 atom stereocenters. The number of nitrogen functional groups attached to an aromatic ring is 1. The van der Waals surface area contributed by atoms with Gasteiger partial charge in [0.1, 0.15) is 5.75 Å². The predicted octanol–water partition coefficient (Wildman–Crippen LogP) is 3.04. The van der Waals surface area contributed by atoms with Gasteiger partial charge in [0.25, 0.3) is 10.0 Å². The molecule has 0 unspecified atom stereocenters. The summed E-state index contributed by atoms with van der Waals surface area (Å²) in [4.78, 5) is 0.0465. The average molecular weight is 327 g/mol. The highest BCUT2D eigenvalue weighted by Gasteiger charge is 2.17. The highest BCUT2D eigenvalue weighted by molar-refractivity contribution is 7.92. The second kappa shape index (κ2) is 5.83. The number of sulfonamides is 1. The molecule has 0 saturated heterocycles. The number of nitrogens with two attached hydrogens (primary N) is 1. The molecule has 0 saturated carbocycles. The van der Waals surface area contributed by atoms with Crippen LogP contribution in [0.15, 0.2) is 41.3 Å². The van der Waals surface area contributed by atoms with E-state index < -0.39 is 10.0 Å². The molecule has 5 nitrogen and oxygen atoms in total. The van der Waals surface area contributed by atoms with E-state index in [1.165, 1.54) is 25.3 Å². The monoisotopic (exact) mass is 326 g/mol. The van der Waals surface area contributed by atoms with Crippen molar-refractivity contribution in [2.24, 2.45) is 0 Å². The van der Waals surface area contributed by atoms with Gasteiger partial charge in [0, 0.05) is 6.07 Å². The fraction of sp³-hybridized carbons (Fsp3) is 0.143. The molecule has 2 aromatic carbocycles. The van der Waals surface area contributed by atoms with Crippen LogP contribution in [0.3, 0.4) is 0 Å². The van der Waals surface area contributed by atoms with Crippen LogP contribution in [-0.4, -0.2) is 15.5 Å². The zero-order chi connectivity index (χ0) is 15.6. The molecule has 112 valence electrons. The molecule has 0 amide bonds.